The molecule has 0 aromatic heterocycles. The number of amides is 1. The summed E-state index contributed by atoms with van der Waals surface area (Å²) < 4.78 is 5.76. The first-order valence-corrected chi connectivity index (χ1v) is 9.52. The molecule has 3 aromatic carbocycles. The second kappa shape index (κ2) is 10.3. The lowest BCUT2D eigenvalue weighted by atomic mass is 10.1. The minimum atomic E-state index is -0.171. The van der Waals surface area contributed by atoms with Crippen molar-refractivity contribution in [2.45, 2.75) is 19.9 Å². The molecule has 0 unspecified atom stereocenters. The standard InChI is InChI=1S/C24H26N2O2/c1-19-11-13-22(14-12-19)26-24(27)18-28-23-10-6-5-9-21(23)17-25-16-15-20-7-3-2-4-8-20/h2-14,25H,15-18H2,1H3,(H,26,27). The molecule has 0 spiro atoms. The van der Waals surface area contributed by atoms with Crippen LogP contribution in [-0.2, 0) is 17.8 Å². The highest BCUT2D eigenvalue weighted by molar-refractivity contribution is 5.91. The average molecular weight is 374 g/mol. The van der Waals surface area contributed by atoms with Gasteiger partial charge in [0.1, 0.15) is 5.75 Å². The number of hydrogen-bond donors (Lipinski definition) is 2. The molecule has 0 heterocycles. The van der Waals surface area contributed by atoms with Gasteiger partial charge >= 0.3 is 0 Å². The molecule has 1 amide bonds. The van der Waals surface area contributed by atoms with Gasteiger partial charge in [-0.25, -0.2) is 0 Å². The zero-order chi connectivity index (χ0) is 19.6. The Labute approximate surface area is 166 Å². The zero-order valence-corrected chi connectivity index (χ0v) is 16.2. The van der Waals surface area contributed by atoms with E-state index in [4.69, 9.17) is 4.74 Å². The normalized spacial score (nSPS) is 10.5. The van der Waals surface area contributed by atoms with Crippen molar-refractivity contribution < 1.29 is 9.53 Å². The maximum absolute atomic E-state index is 12.1. The van der Waals surface area contributed by atoms with Crippen LogP contribution < -0.4 is 15.4 Å². The van der Waals surface area contributed by atoms with Crippen molar-refractivity contribution in [2.24, 2.45) is 0 Å². The van der Waals surface area contributed by atoms with Gasteiger partial charge in [0.05, 0.1) is 0 Å². The first-order chi connectivity index (χ1) is 13.7. The molecule has 0 bridgehead atoms. The summed E-state index contributed by atoms with van der Waals surface area (Å²) in [5, 5.41) is 6.29. The Bertz CT molecular complexity index is 877. The lowest BCUT2D eigenvalue weighted by Crippen LogP contribution is -2.21. The van der Waals surface area contributed by atoms with Gasteiger partial charge in [-0.2, -0.15) is 0 Å². The number of para-hydroxylation sites is 1. The summed E-state index contributed by atoms with van der Waals surface area (Å²) in [6.07, 6.45) is 0.975. The largest absolute Gasteiger partial charge is 0.483 e. The third-order valence-electron chi connectivity index (χ3n) is 4.42. The average Bonchev–Trinajstić information content (AvgIpc) is 2.73. The fraction of sp³-hybridized carbons (Fsp3) is 0.208. The zero-order valence-electron chi connectivity index (χ0n) is 16.2. The van der Waals surface area contributed by atoms with Crippen LogP contribution in [-0.4, -0.2) is 19.1 Å². The van der Waals surface area contributed by atoms with Crippen molar-refractivity contribution in [1.29, 1.82) is 0 Å². The quantitative estimate of drug-likeness (QED) is 0.548. The van der Waals surface area contributed by atoms with Gasteiger partial charge in [-0.3, -0.25) is 4.79 Å². The Morgan fingerprint density at radius 3 is 2.39 bits per heavy atom. The van der Waals surface area contributed by atoms with Gasteiger partial charge in [0.2, 0.25) is 0 Å². The monoisotopic (exact) mass is 374 g/mol. The molecule has 2 N–H and O–H groups in total. The smallest absolute Gasteiger partial charge is 0.262 e. The van der Waals surface area contributed by atoms with Crippen LogP contribution in [0.5, 0.6) is 5.75 Å². The number of carbonyl (C=O) groups is 1. The van der Waals surface area contributed by atoms with Crippen LogP contribution in [0.3, 0.4) is 0 Å². The summed E-state index contributed by atoms with van der Waals surface area (Å²) in [5.74, 6) is 0.560. The fourth-order valence-electron chi connectivity index (χ4n) is 2.87. The summed E-state index contributed by atoms with van der Waals surface area (Å²) in [6, 6.07) is 25.9. The summed E-state index contributed by atoms with van der Waals surface area (Å²) in [7, 11) is 0. The number of hydrogen-bond acceptors (Lipinski definition) is 3. The van der Waals surface area contributed by atoms with E-state index in [-0.39, 0.29) is 12.5 Å². The topological polar surface area (TPSA) is 50.4 Å². The molecule has 144 valence electrons. The van der Waals surface area contributed by atoms with E-state index in [0.29, 0.717) is 6.54 Å². The summed E-state index contributed by atoms with van der Waals surface area (Å²) >= 11 is 0. The first kappa shape index (κ1) is 19.6. The second-order valence-electron chi connectivity index (χ2n) is 6.72. The van der Waals surface area contributed by atoms with Crippen molar-refractivity contribution in [1.82, 2.24) is 5.32 Å². The van der Waals surface area contributed by atoms with Gasteiger partial charge in [-0.15, -0.1) is 0 Å². The van der Waals surface area contributed by atoms with Crippen molar-refractivity contribution in [3.8, 4) is 5.75 Å². The van der Waals surface area contributed by atoms with Crippen LogP contribution >= 0.6 is 0 Å². The Morgan fingerprint density at radius 1 is 0.893 bits per heavy atom. The molecule has 0 saturated carbocycles. The molecule has 0 aliphatic heterocycles. The van der Waals surface area contributed by atoms with E-state index in [1.165, 1.54) is 5.56 Å². The maximum Gasteiger partial charge on any atom is 0.262 e. The summed E-state index contributed by atoms with van der Waals surface area (Å²) in [6.45, 7) is 3.57. The van der Waals surface area contributed by atoms with Crippen molar-refractivity contribution in [3.63, 3.8) is 0 Å². The SMILES string of the molecule is Cc1ccc(NC(=O)COc2ccccc2CNCCc2ccccc2)cc1. The molecular formula is C24H26N2O2. The molecular weight excluding hydrogens is 348 g/mol. The number of carbonyl (C=O) groups excluding carboxylic acids is 1. The second-order valence-corrected chi connectivity index (χ2v) is 6.72. The Morgan fingerprint density at radius 2 is 1.61 bits per heavy atom. The third kappa shape index (κ3) is 6.25. The van der Waals surface area contributed by atoms with Crippen LogP contribution in [0, 0.1) is 6.92 Å². The van der Waals surface area contributed by atoms with Crippen molar-refractivity contribution >= 4 is 11.6 Å². The fourth-order valence-corrected chi connectivity index (χ4v) is 2.87. The highest BCUT2D eigenvalue weighted by Gasteiger charge is 2.07. The molecule has 4 nitrogen and oxygen atoms in total. The summed E-state index contributed by atoms with van der Waals surface area (Å²) in [4.78, 5) is 12.1. The van der Waals surface area contributed by atoms with Gasteiger partial charge in [0.25, 0.3) is 5.91 Å². The van der Waals surface area contributed by atoms with E-state index in [0.717, 1.165) is 35.5 Å². The predicted octanol–water partition coefficient (Wildman–Crippen LogP) is 4.34. The molecule has 3 rings (SSSR count). The van der Waals surface area contributed by atoms with Gasteiger partial charge in [-0.1, -0.05) is 66.2 Å². The Kier molecular flexibility index (Phi) is 7.21. The van der Waals surface area contributed by atoms with E-state index in [9.17, 15) is 4.79 Å². The van der Waals surface area contributed by atoms with Crippen LogP contribution in [0.1, 0.15) is 16.7 Å². The minimum absolute atomic E-state index is 0.0189. The third-order valence-corrected chi connectivity index (χ3v) is 4.42. The number of aryl methyl sites for hydroxylation is 1. The first-order valence-electron chi connectivity index (χ1n) is 9.52. The molecule has 0 radical (unpaired) electrons. The van der Waals surface area contributed by atoms with Gasteiger partial charge in [0.15, 0.2) is 6.61 Å². The van der Waals surface area contributed by atoms with E-state index in [1.807, 2.05) is 61.5 Å². The number of ether oxygens (including phenoxy) is 1. The van der Waals surface area contributed by atoms with Gasteiger partial charge in [-0.05, 0) is 43.7 Å². The molecule has 0 aliphatic rings. The van der Waals surface area contributed by atoms with E-state index in [2.05, 4.69) is 34.9 Å². The predicted molar refractivity (Wildman–Crippen MR) is 114 cm³/mol. The van der Waals surface area contributed by atoms with Gasteiger partial charge in [0, 0.05) is 17.8 Å². The number of rotatable bonds is 9. The van der Waals surface area contributed by atoms with E-state index >= 15 is 0 Å². The van der Waals surface area contributed by atoms with E-state index in [1.54, 1.807) is 0 Å². The lowest BCUT2D eigenvalue weighted by Gasteiger charge is -2.12. The van der Waals surface area contributed by atoms with Gasteiger partial charge < -0.3 is 15.4 Å². The van der Waals surface area contributed by atoms with E-state index < -0.39 is 0 Å². The Hall–Kier alpha value is -3.11. The highest BCUT2D eigenvalue weighted by Crippen LogP contribution is 2.18. The van der Waals surface area contributed by atoms with Crippen molar-refractivity contribution in [2.75, 3.05) is 18.5 Å². The molecule has 0 aliphatic carbocycles. The maximum atomic E-state index is 12.1. The van der Waals surface area contributed by atoms with Crippen LogP contribution in [0.2, 0.25) is 0 Å². The van der Waals surface area contributed by atoms with Crippen LogP contribution in [0.4, 0.5) is 5.69 Å². The Balaban J connectivity index is 1.46. The van der Waals surface area contributed by atoms with Crippen LogP contribution in [0.15, 0.2) is 78.9 Å². The molecule has 0 fully saturated rings. The molecule has 4 heteroatoms. The summed E-state index contributed by atoms with van der Waals surface area (Å²) in [5.41, 5.74) is 4.28. The molecule has 3 aromatic rings. The molecule has 28 heavy (non-hydrogen) atoms. The number of anilines is 1. The lowest BCUT2D eigenvalue weighted by molar-refractivity contribution is -0.118. The molecule has 0 saturated heterocycles. The van der Waals surface area contributed by atoms with Crippen LogP contribution in [0.25, 0.3) is 0 Å². The highest BCUT2D eigenvalue weighted by atomic mass is 16.5. The van der Waals surface area contributed by atoms with Crippen molar-refractivity contribution in [3.05, 3.63) is 95.6 Å². The number of nitrogens with one attached hydrogen (secondary N) is 2. The molecule has 0 atom stereocenters. The minimum Gasteiger partial charge on any atom is -0.483 e. The number of benzene rings is 3.